The van der Waals surface area contributed by atoms with Gasteiger partial charge in [0.25, 0.3) is 0 Å². The zero-order valence-corrected chi connectivity index (χ0v) is 6.91. The van der Waals surface area contributed by atoms with Gasteiger partial charge in [-0.15, -0.1) is 0 Å². The average Bonchev–Trinajstić information content (AvgIpc) is 2.59. The highest BCUT2D eigenvalue weighted by Gasteiger charge is 2.51. The van der Waals surface area contributed by atoms with Gasteiger partial charge in [-0.25, -0.2) is 0 Å². The van der Waals surface area contributed by atoms with Gasteiger partial charge in [-0.05, 0) is 0 Å². The Balaban J connectivity index is 2.19. The highest BCUT2D eigenvalue weighted by atomic mass is 16.7. The first kappa shape index (κ1) is 9.32. The molecule has 6 nitrogen and oxygen atoms in total. The minimum atomic E-state index is -1.17. The van der Waals surface area contributed by atoms with Crippen molar-refractivity contribution in [3.05, 3.63) is 0 Å². The summed E-state index contributed by atoms with van der Waals surface area (Å²) < 4.78 is 10.0. The van der Waals surface area contributed by atoms with Crippen LogP contribution < -0.4 is 5.73 Å². The fraction of sp³-hybridized carbons (Fsp3) is 1.00. The molecule has 1 saturated carbocycles. The molecule has 1 aliphatic carbocycles. The van der Waals surface area contributed by atoms with Gasteiger partial charge in [0, 0.05) is 0 Å². The first-order chi connectivity index (χ1) is 6.13. The second kappa shape index (κ2) is 3.16. The molecule has 0 radical (unpaired) electrons. The third kappa shape index (κ3) is 1.26. The maximum atomic E-state index is 9.53. The Kier molecular flexibility index (Phi) is 2.26. The zero-order chi connectivity index (χ0) is 9.59. The van der Waals surface area contributed by atoms with Gasteiger partial charge in [-0.2, -0.15) is 0 Å². The molecule has 1 heterocycles. The molecule has 76 valence electrons. The van der Waals surface area contributed by atoms with E-state index < -0.39 is 36.6 Å². The molecule has 13 heavy (non-hydrogen) atoms. The van der Waals surface area contributed by atoms with Crippen molar-refractivity contribution in [3.63, 3.8) is 0 Å². The second-order valence-electron chi connectivity index (χ2n) is 3.43. The number of fused-ring (bicyclic) bond motifs is 1. The zero-order valence-electron chi connectivity index (χ0n) is 6.91. The lowest BCUT2D eigenvalue weighted by molar-refractivity contribution is -0.143. The van der Waals surface area contributed by atoms with Gasteiger partial charge in [0.05, 0.1) is 6.04 Å². The SMILES string of the molecule is N[C@H]1[C@@H](O)[C@@H]2OCO[C@@H]2[C@H](O)[C@H]1O. The standard InChI is InChI=1S/C7H13NO5/c8-2-3(9)5(11)7-6(4(2)10)12-1-13-7/h2-7,9-11H,1,8H2/t2-,3+,4-,5-,6+,7-/m1/s1. The summed E-state index contributed by atoms with van der Waals surface area (Å²) in [5, 5.41) is 28.4. The van der Waals surface area contributed by atoms with Gasteiger partial charge in [0.15, 0.2) is 0 Å². The topological polar surface area (TPSA) is 105 Å². The summed E-state index contributed by atoms with van der Waals surface area (Å²) in [6.07, 6.45) is -4.56. The van der Waals surface area contributed by atoms with Crippen molar-refractivity contribution in [2.45, 2.75) is 36.6 Å². The van der Waals surface area contributed by atoms with Gasteiger partial charge in [-0.1, -0.05) is 0 Å². The number of nitrogens with two attached hydrogens (primary N) is 1. The molecule has 2 rings (SSSR count). The Hall–Kier alpha value is -0.240. The van der Waals surface area contributed by atoms with Crippen molar-refractivity contribution in [1.29, 1.82) is 0 Å². The van der Waals surface area contributed by atoms with Gasteiger partial charge in [0.1, 0.15) is 37.3 Å². The number of rotatable bonds is 0. The monoisotopic (exact) mass is 191 g/mol. The molecule has 6 heteroatoms. The Morgan fingerprint density at radius 2 is 1.46 bits per heavy atom. The van der Waals surface area contributed by atoms with Crippen LogP contribution in [0.25, 0.3) is 0 Å². The Morgan fingerprint density at radius 1 is 0.923 bits per heavy atom. The predicted octanol–water partition coefficient (Wildman–Crippen LogP) is -2.85. The third-order valence-electron chi connectivity index (χ3n) is 2.66. The van der Waals surface area contributed by atoms with E-state index in [1.807, 2.05) is 0 Å². The molecule has 0 spiro atoms. The van der Waals surface area contributed by atoms with E-state index in [2.05, 4.69) is 0 Å². The van der Waals surface area contributed by atoms with Crippen LogP contribution in [-0.4, -0.2) is 58.7 Å². The van der Waals surface area contributed by atoms with Crippen molar-refractivity contribution in [2.75, 3.05) is 6.79 Å². The molecular weight excluding hydrogens is 178 g/mol. The van der Waals surface area contributed by atoms with Gasteiger partial charge in [0.2, 0.25) is 0 Å². The van der Waals surface area contributed by atoms with Crippen molar-refractivity contribution < 1.29 is 24.8 Å². The fourth-order valence-electron chi connectivity index (χ4n) is 1.82. The predicted molar refractivity (Wildman–Crippen MR) is 40.6 cm³/mol. The van der Waals surface area contributed by atoms with E-state index in [1.54, 1.807) is 0 Å². The number of hydrogen-bond acceptors (Lipinski definition) is 6. The molecule has 0 aromatic carbocycles. The molecule has 0 amide bonds. The van der Waals surface area contributed by atoms with Crippen LogP contribution in [0.3, 0.4) is 0 Å². The lowest BCUT2D eigenvalue weighted by atomic mass is 9.84. The van der Waals surface area contributed by atoms with Crippen molar-refractivity contribution in [3.8, 4) is 0 Å². The summed E-state index contributed by atoms with van der Waals surface area (Å²) in [5.74, 6) is 0. The smallest absolute Gasteiger partial charge is 0.148 e. The van der Waals surface area contributed by atoms with Crippen molar-refractivity contribution in [1.82, 2.24) is 0 Å². The summed E-state index contributed by atoms with van der Waals surface area (Å²) in [5.41, 5.74) is 5.47. The van der Waals surface area contributed by atoms with E-state index in [0.717, 1.165) is 0 Å². The van der Waals surface area contributed by atoms with E-state index >= 15 is 0 Å². The first-order valence-electron chi connectivity index (χ1n) is 4.16. The summed E-state index contributed by atoms with van der Waals surface area (Å²) in [4.78, 5) is 0. The fourth-order valence-corrected chi connectivity index (χ4v) is 1.82. The highest BCUT2D eigenvalue weighted by molar-refractivity contribution is 5.03. The normalized spacial score (nSPS) is 56.3. The molecule has 1 aliphatic heterocycles. The van der Waals surface area contributed by atoms with Crippen LogP contribution in [0.15, 0.2) is 0 Å². The third-order valence-corrected chi connectivity index (χ3v) is 2.66. The van der Waals surface area contributed by atoms with Crippen molar-refractivity contribution in [2.24, 2.45) is 5.73 Å². The quantitative estimate of drug-likeness (QED) is 0.328. The van der Waals surface area contributed by atoms with Crippen LogP contribution in [-0.2, 0) is 9.47 Å². The van der Waals surface area contributed by atoms with E-state index in [-0.39, 0.29) is 6.79 Å². The van der Waals surface area contributed by atoms with E-state index in [4.69, 9.17) is 15.2 Å². The summed E-state index contributed by atoms with van der Waals surface area (Å²) >= 11 is 0. The molecule has 1 saturated heterocycles. The molecule has 2 aliphatic rings. The maximum absolute atomic E-state index is 9.53. The molecule has 0 bridgehead atoms. The Morgan fingerprint density at radius 3 is 2.08 bits per heavy atom. The minimum Gasteiger partial charge on any atom is -0.389 e. The molecule has 2 fully saturated rings. The molecule has 6 atom stereocenters. The summed E-state index contributed by atoms with van der Waals surface area (Å²) in [6.45, 7) is 0.0168. The largest absolute Gasteiger partial charge is 0.389 e. The number of aliphatic hydroxyl groups is 3. The Labute approximate surface area is 74.9 Å². The minimum absolute atomic E-state index is 0.0168. The van der Waals surface area contributed by atoms with E-state index in [9.17, 15) is 15.3 Å². The van der Waals surface area contributed by atoms with Crippen LogP contribution >= 0.6 is 0 Å². The van der Waals surface area contributed by atoms with Crippen LogP contribution in [0.1, 0.15) is 0 Å². The van der Waals surface area contributed by atoms with Crippen LogP contribution in [0, 0.1) is 0 Å². The lowest BCUT2D eigenvalue weighted by Gasteiger charge is -2.39. The molecular formula is C7H13NO5. The molecule has 5 N–H and O–H groups in total. The summed E-state index contributed by atoms with van der Waals surface area (Å²) in [7, 11) is 0. The maximum Gasteiger partial charge on any atom is 0.148 e. The number of hydrogen-bond donors (Lipinski definition) is 4. The van der Waals surface area contributed by atoms with Crippen LogP contribution in [0.2, 0.25) is 0 Å². The molecule has 0 aromatic rings. The lowest BCUT2D eigenvalue weighted by Crippen LogP contribution is -2.65. The number of aliphatic hydroxyl groups excluding tert-OH is 3. The summed E-state index contributed by atoms with van der Waals surface area (Å²) in [6, 6.07) is -0.891. The Bertz CT molecular complexity index is 181. The van der Waals surface area contributed by atoms with Crippen LogP contribution in [0.5, 0.6) is 0 Å². The first-order valence-corrected chi connectivity index (χ1v) is 4.16. The highest BCUT2D eigenvalue weighted by Crippen LogP contribution is 2.28. The van der Waals surface area contributed by atoms with Gasteiger partial charge < -0.3 is 30.5 Å². The molecule has 0 aromatic heterocycles. The van der Waals surface area contributed by atoms with Crippen molar-refractivity contribution >= 4 is 0 Å². The molecule has 0 unspecified atom stereocenters. The van der Waals surface area contributed by atoms with Gasteiger partial charge in [-0.3, -0.25) is 0 Å². The van der Waals surface area contributed by atoms with Crippen LogP contribution in [0.4, 0.5) is 0 Å². The second-order valence-corrected chi connectivity index (χ2v) is 3.43. The average molecular weight is 191 g/mol. The van der Waals surface area contributed by atoms with E-state index in [0.29, 0.717) is 0 Å². The van der Waals surface area contributed by atoms with Gasteiger partial charge >= 0.3 is 0 Å². The number of ether oxygens (including phenoxy) is 2. The van der Waals surface area contributed by atoms with E-state index in [1.165, 1.54) is 0 Å².